The lowest BCUT2D eigenvalue weighted by Gasteiger charge is -2.55. The molecule has 1 saturated carbocycles. The molecule has 2 aliphatic rings. The molecule has 0 bridgehead atoms. The normalized spacial score (nSPS) is 29.0. The van der Waals surface area contributed by atoms with Crippen LogP contribution >= 0.6 is 0 Å². The molecule has 2 nitrogen and oxygen atoms in total. The highest BCUT2D eigenvalue weighted by molar-refractivity contribution is 5.82. The number of hydrogen-bond donors (Lipinski definition) is 1. The molecule has 1 aromatic rings. The Labute approximate surface area is 140 Å². The third-order valence-electron chi connectivity index (χ3n) is 6.71. The zero-order valence-electron chi connectivity index (χ0n) is 15.2. The van der Waals surface area contributed by atoms with E-state index in [-0.39, 0.29) is 17.1 Å². The molecule has 126 valence electrons. The zero-order valence-corrected chi connectivity index (χ0v) is 15.2. The van der Waals surface area contributed by atoms with Crippen LogP contribution in [0.15, 0.2) is 6.07 Å². The Hall–Kier alpha value is -1.31. The van der Waals surface area contributed by atoms with Gasteiger partial charge in [-0.2, -0.15) is 0 Å². The van der Waals surface area contributed by atoms with Gasteiger partial charge < -0.3 is 5.11 Å². The van der Waals surface area contributed by atoms with Crippen molar-refractivity contribution in [2.24, 2.45) is 11.3 Å². The lowest BCUT2D eigenvalue weighted by Crippen LogP contribution is -2.48. The number of rotatable bonds is 2. The molecule has 2 heteroatoms. The van der Waals surface area contributed by atoms with Gasteiger partial charge >= 0.3 is 0 Å². The van der Waals surface area contributed by atoms with E-state index in [0.717, 1.165) is 18.3 Å². The minimum atomic E-state index is 0.129. The first-order valence-corrected chi connectivity index (χ1v) is 9.06. The van der Waals surface area contributed by atoms with Crippen LogP contribution in [-0.2, 0) is 11.8 Å². The van der Waals surface area contributed by atoms with E-state index in [9.17, 15) is 9.90 Å². The van der Waals surface area contributed by atoms with Crippen molar-refractivity contribution in [1.29, 1.82) is 0 Å². The third kappa shape index (κ3) is 2.33. The fourth-order valence-electron chi connectivity index (χ4n) is 5.69. The monoisotopic (exact) mass is 314 g/mol. The van der Waals surface area contributed by atoms with E-state index in [2.05, 4.69) is 34.6 Å². The molecule has 0 aromatic heterocycles. The Morgan fingerprint density at radius 2 is 1.96 bits per heavy atom. The fourth-order valence-corrected chi connectivity index (χ4v) is 5.69. The van der Waals surface area contributed by atoms with Gasteiger partial charge in [0.1, 0.15) is 5.75 Å². The van der Waals surface area contributed by atoms with Gasteiger partial charge in [-0.15, -0.1) is 0 Å². The summed E-state index contributed by atoms with van der Waals surface area (Å²) < 4.78 is 0. The lowest BCUT2D eigenvalue weighted by atomic mass is 9.50. The van der Waals surface area contributed by atoms with Crippen LogP contribution < -0.4 is 0 Å². The molecular weight excluding hydrogens is 284 g/mol. The summed E-state index contributed by atoms with van der Waals surface area (Å²) >= 11 is 0. The number of fused-ring (bicyclic) bond motifs is 3. The molecular formula is C21H30O2. The van der Waals surface area contributed by atoms with Crippen LogP contribution in [0.4, 0.5) is 0 Å². The van der Waals surface area contributed by atoms with Crippen molar-refractivity contribution in [2.75, 3.05) is 0 Å². The Balaban J connectivity index is 2.26. The zero-order chi connectivity index (χ0) is 17.0. The topological polar surface area (TPSA) is 37.3 Å². The van der Waals surface area contributed by atoms with E-state index in [4.69, 9.17) is 0 Å². The molecule has 0 aliphatic heterocycles. The first-order chi connectivity index (χ1) is 10.7. The molecule has 1 fully saturated rings. The molecule has 1 aromatic carbocycles. The second-order valence-electron chi connectivity index (χ2n) is 8.88. The van der Waals surface area contributed by atoms with Crippen LogP contribution in [0.2, 0.25) is 0 Å². The summed E-state index contributed by atoms with van der Waals surface area (Å²) in [7, 11) is 0. The Morgan fingerprint density at radius 1 is 1.26 bits per heavy atom. The third-order valence-corrected chi connectivity index (χ3v) is 6.71. The van der Waals surface area contributed by atoms with Crippen molar-refractivity contribution in [1.82, 2.24) is 0 Å². The van der Waals surface area contributed by atoms with Gasteiger partial charge in [-0.3, -0.25) is 4.79 Å². The van der Waals surface area contributed by atoms with Crippen LogP contribution in [-0.4, -0.2) is 11.4 Å². The standard InChI is InChI=1S/C21H30O2/c1-13(2)18-15-7-8-17-20(3,4)9-6-10-21(17,5)16(15)11-14(12-22)19(18)23/h11-13,17,23H,6-10H2,1-5H3. The maximum absolute atomic E-state index is 11.5. The number of phenols is 1. The minimum Gasteiger partial charge on any atom is -0.507 e. The molecule has 2 atom stereocenters. The van der Waals surface area contributed by atoms with Gasteiger partial charge in [0.2, 0.25) is 0 Å². The quantitative estimate of drug-likeness (QED) is 0.746. The molecule has 2 aliphatic carbocycles. The Bertz CT molecular complexity index is 642. The molecule has 3 rings (SSSR count). The van der Waals surface area contributed by atoms with E-state index >= 15 is 0 Å². The van der Waals surface area contributed by atoms with E-state index in [0.29, 0.717) is 16.9 Å². The number of carbonyl (C=O) groups is 1. The minimum absolute atomic E-state index is 0.129. The van der Waals surface area contributed by atoms with Crippen molar-refractivity contribution in [3.05, 3.63) is 28.3 Å². The molecule has 0 spiro atoms. The Morgan fingerprint density at radius 3 is 2.57 bits per heavy atom. The Kier molecular flexibility index (Phi) is 3.85. The van der Waals surface area contributed by atoms with Crippen LogP contribution in [0.25, 0.3) is 0 Å². The average Bonchev–Trinajstić information content (AvgIpc) is 2.45. The van der Waals surface area contributed by atoms with Crippen molar-refractivity contribution >= 4 is 6.29 Å². The summed E-state index contributed by atoms with van der Waals surface area (Å²) in [5.41, 5.74) is 4.61. The van der Waals surface area contributed by atoms with Gasteiger partial charge in [-0.25, -0.2) is 0 Å². The second-order valence-corrected chi connectivity index (χ2v) is 8.88. The first kappa shape index (κ1) is 16.5. The van der Waals surface area contributed by atoms with E-state index in [1.165, 1.54) is 36.8 Å². The number of aromatic hydroxyl groups is 1. The lowest BCUT2D eigenvalue weighted by molar-refractivity contribution is 0.0404. The van der Waals surface area contributed by atoms with Gasteiger partial charge in [0.15, 0.2) is 6.29 Å². The van der Waals surface area contributed by atoms with Gasteiger partial charge in [-0.1, -0.05) is 41.0 Å². The summed E-state index contributed by atoms with van der Waals surface area (Å²) in [6, 6.07) is 2.00. The van der Waals surface area contributed by atoms with Crippen LogP contribution in [0, 0.1) is 11.3 Å². The SMILES string of the molecule is CC(C)c1c(O)c(C=O)cc2c1CCC1C(C)(C)CCCC21C. The van der Waals surface area contributed by atoms with Crippen molar-refractivity contribution in [3.63, 3.8) is 0 Å². The van der Waals surface area contributed by atoms with Gasteiger partial charge in [0, 0.05) is 5.56 Å². The number of phenolic OH excluding ortho intramolecular Hbond substituents is 1. The summed E-state index contributed by atoms with van der Waals surface area (Å²) in [6.07, 6.45) is 6.76. The smallest absolute Gasteiger partial charge is 0.153 e. The molecule has 0 amide bonds. The number of benzene rings is 1. The maximum atomic E-state index is 11.5. The molecule has 1 N–H and O–H groups in total. The summed E-state index contributed by atoms with van der Waals surface area (Å²) in [6.45, 7) is 11.4. The summed E-state index contributed by atoms with van der Waals surface area (Å²) in [5, 5.41) is 10.6. The van der Waals surface area contributed by atoms with Crippen molar-refractivity contribution in [2.45, 2.75) is 78.1 Å². The fraction of sp³-hybridized carbons (Fsp3) is 0.667. The number of aldehydes is 1. The summed E-state index contributed by atoms with van der Waals surface area (Å²) in [4.78, 5) is 11.5. The molecule has 0 radical (unpaired) electrons. The van der Waals surface area contributed by atoms with Crippen molar-refractivity contribution in [3.8, 4) is 5.75 Å². The summed E-state index contributed by atoms with van der Waals surface area (Å²) in [5.74, 6) is 1.10. The van der Waals surface area contributed by atoms with Gasteiger partial charge in [0.25, 0.3) is 0 Å². The largest absolute Gasteiger partial charge is 0.507 e. The van der Waals surface area contributed by atoms with E-state index < -0.39 is 0 Å². The van der Waals surface area contributed by atoms with Crippen LogP contribution in [0.5, 0.6) is 5.75 Å². The van der Waals surface area contributed by atoms with Crippen molar-refractivity contribution < 1.29 is 9.90 Å². The van der Waals surface area contributed by atoms with Crippen LogP contribution in [0.1, 0.15) is 93.3 Å². The predicted molar refractivity (Wildman–Crippen MR) is 94.4 cm³/mol. The van der Waals surface area contributed by atoms with E-state index in [1.54, 1.807) is 0 Å². The highest BCUT2D eigenvalue weighted by atomic mass is 16.3. The highest BCUT2D eigenvalue weighted by Crippen LogP contribution is 2.58. The first-order valence-electron chi connectivity index (χ1n) is 9.06. The second kappa shape index (κ2) is 5.36. The van der Waals surface area contributed by atoms with Crippen LogP contribution in [0.3, 0.4) is 0 Å². The maximum Gasteiger partial charge on any atom is 0.153 e. The highest BCUT2D eigenvalue weighted by Gasteiger charge is 2.50. The van der Waals surface area contributed by atoms with Gasteiger partial charge in [-0.05, 0) is 65.5 Å². The predicted octanol–water partition coefficient (Wildman–Crippen LogP) is 5.36. The molecule has 0 heterocycles. The molecule has 0 saturated heterocycles. The van der Waals surface area contributed by atoms with E-state index in [1.807, 2.05) is 6.07 Å². The van der Waals surface area contributed by atoms with Gasteiger partial charge in [0.05, 0.1) is 5.56 Å². The molecule has 23 heavy (non-hydrogen) atoms. The number of hydrogen-bond acceptors (Lipinski definition) is 2. The average molecular weight is 314 g/mol. The molecule has 2 unspecified atom stereocenters. The number of carbonyl (C=O) groups excluding carboxylic acids is 1.